The number of anilines is 3. The van der Waals surface area contributed by atoms with Gasteiger partial charge in [0.15, 0.2) is 11.5 Å². The molecule has 0 radical (unpaired) electrons. The second-order valence-electron chi connectivity index (χ2n) is 6.30. The number of ether oxygens (including phenoxy) is 2. The Balaban J connectivity index is 1.60. The Morgan fingerprint density at radius 1 is 1.07 bits per heavy atom. The third-order valence-electron chi connectivity index (χ3n) is 4.33. The van der Waals surface area contributed by atoms with Crippen molar-refractivity contribution in [2.75, 3.05) is 23.6 Å². The maximum atomic E-state index is 13.1. The average Bonchev–Trinajstić information content (AvgIpc) is 3.17. The lowest BCUT2D eigenvalue weighted by Crippen LogP contribution is -2.31. The third-order valence-corrected chi connectivity index (χ3v) is 4.33. The molecule has 0 aliphatic carbocycles. The maximum absolute atomic E-state index is 13.1. The number of rotatable bonds is 5. The molecule has 4 rings (SSSR count). The number of carbonyl (C=O) groups excluding carboxylic acids is 1. The quantitative estimate of drug-likeness (QED) is 0.727. The van der Waals surface area contributed by atoms with E-state index >= 15 is 0 Å². The summed E-state index contributed by atoms with van der Waals surface area (Å²) in [6.45, 7) is 4.52. The third kappa shape index (κ3) is 3.59. The van der Waals surface area contributed by atoms with E-state index in [1.54, 1.807) is 11.0 Å². The van der Waals surface area contributed by atoms with Crippen molar-refractivity contribution >= 4 is 23.2 Å². The Hall–Kier alpha value is -3.61. The van der Waals surface area contributed by atoms with Crippen LogP contribution in [-0.2, 0) is 0 Å². The minimum Gasteiger partial charge on any atom is -0.454 e. The minimum atomic E-state index is -0.173. The van der Waals surface area contributed by atoms with Crippen LogP contribution in [0, 0.1) is 6.92 Å². The number of aryl methyl sites for hydroxylation is 1. The standard InChI is InChI=1S/C21H20N4O3/c1-3-25(16-7-5-4-6-8-16)20(26)17-11-14(2)22-21(24-17)23-15-9-10-18-19(12-15)28-13-27-18/h4-12H,3,13H2,1-2H3,(H,22,23,24). The van der Waals surface area contributed by atoms with E-state index in [-0.39, 0.29) is 12.7 Å². The van der Waals surface area contributed by atoms with Gasteiger partial charge in [-0.15, -0.1) is 0 Å². The molecule has 3 aromatic rings. The van der Waals surface area contributed by atoms with Crippen LogP contribution in [-0.4, -0.2) is 29.2 Å². The van der Waals surface area contributed by atoms with E-state index in [1.807, 2.05) is 62.4 Å². The first-order chi connectivity index (χ1) is 13.6. The summed E-state index contributed by atoms with van der Waals surface area (Å²) in [5, 5.41) is 3.14. The van der Waals surface area contributed by atoms with E-state index in [2.05, 4.69) is 15.3 Å². The van der Waals surface area contributed by atoms with Gasteiger partial charge in [0.2, 0.25) is 12.7 Å². The van der Waals surface area contributed by atoms with E-state index in [4.69, 9.17) is 9.47 Å². The molecule has 7 heteroatoms. The van der Waals surface area contributed by atoms with E-state index in [9.17, 15) is 4.79 Å². The lowest BCUT2D eigenvalue weighted by molar-refractivity contribution is 0.0983. The monoisotopic (exact) mass is 376 g/mol. The summed E-state index contributed by atoms with van der Waals surface area (Å²) in [4.78, 5) is 23.6. The van der Waals surface area contributed by atoms with Gasteiger partial charge in [0.1, 0.15) is 5.69 Å². The number of nitrogens with zero attached hydrogens (tertiary/aromatic N) is 3. The number of nitrogens with one attached hydrogen (secondary N) is 1. The molecule has 0 saturated carbocycles. The largest absolute Gasteiger partial charge is 0.454 e. The van der Waals surface area contributed by atoms with Gasteiger partial charge in [-0.25, -0.2) is 9.97 Å². The molecule has 0 saturated heterocycles. The van der Waals surface area contributed by atoms with Crippen molar-refractivity contribution in [3.05, 3.63) is 66.0 Å². The number of amides is 1. The van der Waals surface area contributed by atoms with Crippen molar-refractivity contribution in [1.29, 1.82) is 0 Å². The van der Waals surface area contributed by atoms with Crippen LogP contribution < -0.4 is 19.7 Å². The number of fused-ring (bicyclic) bond motifs is 1. The van der Waals surface area contributed by atoms with Crippen LogP contribution in [0.4, 0.5) is 17.3 Å². The highest BCUT2D eigenvalue weighted by Crippen LogP contribution is 2.34. The molecule has 7 nitrogen and oxygen atoms in total. The van der Waals surface area contributed by atoms with Crippen molar-refractivity contribution in [2.24, 2.45) is 0 Å². The molecule has 0 unspecified atom stereocenters. The molecular formula is C21H20N4O3. The molecule has 0 bridgehead atoms. The Bertz CT molecular complexity index is 1010. The van der Waals surface area contributed by atoms with Gasteiger partial charge in [-0.3, -0.25) is 4.79 Å². The lowest BCUT2D eigenvalue weighted by atomic mass is 10.2. The van der Waals surface area contributed by atoms with Gasteiger partial charge in [0, 0.05) is 29.7 Å². The number of aromatic nitrogens is 2. The first-order valence-corrected chi connectivity index (χ1v) is 9.03. The zero-order valence-corrected chi connectivity index (χ0v) is 15.7. The van der Waals surface area contributed by atoms with Crippen LogP contribution in [0.1, 0.15) is 23.1 Å². The summed E-state index contributed by atoms with van der Waals surface area (Å²) in [5.41, 5.74) is 2.62. The van der Waals surface area contributed by atoms with E-state index < -0.39 is 0 Å². The Morgan fingerprint density at radius 2 is 1.86 bits per heavy atom. The van der Waals surface area contributed by atoms with Gasteiger partial charge in [-0.05, 0) is 44.2 Å². The smallest absolute Gasteiger partial charge is 0.277 e. The SMILES string of the molecule is CCN(C(=O)c1cc(C)nc(Nc2ccc3c(c2)OCO3)n1)c1ccccc1. The van der Waals surface area contributed by atoms with Gasteiger partial charge in [-0.2, -0.15) is 0 Å². The van der Waals surface area contributed by atoms with Gasteiger partial charge < -0.3 is 19.7 Å². The molecule has 2 heterocycles. The summed E-state index contributed by atoms with van der Waals surface area (Å²) in [6, 6.07) is 16.7. The second kappa shape index (κ2) is 7.56. The van der Waals surface area contributed by atoms with Crippen molar-refractivity contribution in [3.8, 4) is 11.5 Å². The number of benzene rings is 2. The summed E-state index contributed by atoms with van der Waals surface area (Å²) in [6.07, 6.45) is 0. The van der Waals surface area contributed by atoms with E-state index in [1.165, 1.54) is 0 Å². The van der Waals surface area contributed by atoms with Gasteiger partial charge in [0.25, 0.3) is 5.91 Å². The molecule has 28 heavy (non-hydrogen) atoms. The van der Waals surface area contributed by atoms with Gasteiger partial charge in [0.05, 0.1) is 0 Å². The summed E-state index contributed by atoms with van der Waals surface area (Å²) in [7, 11) is 0. The van der Waals surface area contributed by atoms with Gasteiger partial charge in [-0.1, -0.05) is 18.2 Å². The molecule has 0 fully saturated rings. The zero-order valence-electron chi connectivity index (χ0n) is 15.7. The predicted molar refractivity (Wildman–Crippen MR) is 106 cm³/mol. The fourth-order valence-corrected chi connectivity index (χ4v) is 3.03. The highest BCUT2D eigenvalue weighted by Gasteiger charge is 2.19. The van der Waals surface area contributed by atoms with Crippen LogP contribution in [0.2, 0.25) is 0 Å². The first-order valence-electron chi connectivity index (χ1n) is 9.03. The topological polar surface area (TPSA) is 76.6 Å². The van der Waals surface area contributed by atoms with E-state index in [0.717, 1.165) is 11.4 Å². The maximum Gasteiger partial charge on any atom is 0.277 e. The molecule has 1 aromatic heterocycles. The lowest BCUT2D eigenvalue weighted by Gasteiger charge is -2.21. The Kier molecular flexibility index (Phi) is 4.80. The zero-order chi connectivity index (χ0) is 19.5. The normalized spacial score (nSPS) is 11.9. The molecule has 1 amide bonds. The molecule has 2 aromatic carbocycles. The highest BCUT2D eigenvalue weighted by molar-refractivity contribution is 6.05. The van der Waals surface area contributed by atoms with Crippen LogP contribution >= 0.6 is 0 Å². The van der Waals surface area contributed by atoms with Gasteiger partial charge >= 0.3 is 0 Å². The van der Waals surface area contributed by atoms with Crippen molar-refractivity contribution in [3.63, 3.8) is 0 Å². The first kappa shape index (κ1) is 17.8. The highest BCUT2D eigenvalue weighted by atomic mass is 16.7. The average molecular weight is 376 g/mol. The van der Waals surface area contributed by atoms with Crippen molar-refractivity contribution in [1.82, 2.24) is 9.97 Å². The molecule has 142 valence electrons. The second-order valence-corrected chi connectivity index (χ2v) is 6.30. The summed E-state index contributed by atoms with van der Waals surface area (Å²) < 4.78 is 10.7. The van der Waals surface area contributed by atoms with Crippen LogP contribution in [0.5, 0.6) is 11.5 Å². The molecule has 0 spiro atoms. The van der Waals surface area contributed by atoms with Crippen LogP contribution in [0.15, 0.2) is 54.6 Å². The predicted octanol–water partition coefficient (Wildman–Crippen LogP) is 3.92. The fourth-order valence-electron chi connectivity index (χ4n) is 3.03. The van der Waals surface area contributed by atoms with Crippen molar-refractivity contribution in [2.45, 2.75) is 13.8 Å². The Morgan fingerprint density at radius 3 is 2.64 bits per heavy atom. The van der Waals surface area contributed by atoms with Crippen LogP contribution in [0.25, 0.3) is 0 Å². The number of carbonyl (C=O) groups is 1. The van der Waals surface area contributed by atoms with E-state index in [0.29, 0.717) is 35.4 Å². The minimum absolute atomic E-state index is 0.173. The number of para-hydroxylation sites is 1. The molecule has 0 atom stereocenters. The van der Waals surface area contributed by atoms with Crippen LogP contribution in [0.3, 0.4) is 0 Å². The fraction of sp³-hybridized carbons (Fsp3) is 0.190. The Labute approximate surface area is 163 Å². The van der Waals surface area contributed by atoms with Crippen molar-refractivity contribution < 1.29 is 14.3 Å². The molecule has 1 aliphatic heterocycles. The molecule has 1 aliphatic rings. The number of hydrogen-bond acceptors (Lipinski definition) is 6. The molecular weight excluding hydrogens is 356 g/mol. The molecule has 1 N–H and O–H groups in total. The number of hydrogen-bond donors (Lipinski definition) is 1. The summed E-state index contributed by atoms with van der Waals surface area (Å²) >= 11 is 0. The summed E-state index contributed by atoms with van der Waals surface area (Å²) in [5.74, 6) is 1.54.